The van der Waals surface area contributed by atoms with E-state index in [9.17, 15) is 4.79 Å². The van der Waals surface area contributed by atoms with Crippen LogP contribution in [0.15, 0.2) is 47.1 Å². The van der Waals surface area contributed by atoms with Crippen molar-refractivity contribution in [1.82, 2.24) is 5.32 Å². The second-order valence-electron chi connectivity index (χ2n) is 4.01. The zero-order valence-corrected chi connectivity index (χ0v) is 10.3. The van der Waals surface area contributed by atoms with E-state index >= 15 is 0 Å². The third kappa shape index (κ3) is 4.48. The van der Waals surface area contributed by atoms with Crippen LogP contribution in [-0.2, 0) is 17.9 Å². The Morgan fingerprint density at radius 1 is 1.26 bits per heavy atom. The molecule has 100 valence electrons. The summed E-state index contributed by atoms with van der Waals surface area (Å²) in [6, 6.07) is 11.1. The van der Waals surface area contributed by atoms with Gasteiger partial charge in [0.2, 0.25) is 0 Å². The molecule has 0 aliphatic carbocycles. The first-order chi connectivity index (χ1) is 9.24. The molecule has 0 bridgehead atoms. The molecule has 1 heterocycles. The van der Waals surface area contributed by atoms with Gasteiger partial charge in [-0.1, -0.05) is 12.1 Å². The van der Waals surface area contributed by atoms with Gasteiger partial charge in [0.25, 0.3) is 0 Å². The molecule has 0 saturated carbocycles. The van der Waals surface area contributed by atoms with Crippen molar-refractivity contribution >= 4 is 5.97 Å². The van der Waals surface area contributed by atoms with Gasteiger partial charge in [-0.2, -0.15) is 0 Å². The van der Waals surface area contributed by atoms with Crippen molar-refractivity contribution < 1.29 is 19.1 Å². The highest BCUT2D eigenvalue weighted by molar-refractivity contribution is 5.68. The molecule has 0 unspecified atom stereocenters. The van der Waals surface area contributed by atoms with Crippen molar-refractivity contribution in [2.45, 2.75) is 13.1 Å². The zero-order valence-electron chi connectivity index (χ0n) is 10.3. The lowest BCUT2D eigenvalue weighted by molar-refractivity contribution is -0.139. The third-order valence-corrected chi connectivity index (χ3v) is 2.47. The second-order valence-corrected chi connectivity index (χ2v) is 4.01. The maximum Gasteiger partial charge on any atom is 0.341 e. The molecule has 1 aromatic heterocycles. The SMILES string of the molecule is O=C(O)COc1cccc(CNCc2ccco2)c1. The molecular formula is C14H15NO4. The van der Waals surface area contributed by atoms with Crippen LogP contribution >= 0.6 is 0 Å². The van der Waals surface area contributed by atoms with E-state index in [0.717, 1.165) is 11.3 Å². The second kappa shape index (κ2) is 6.61. The summed E-state index contributed by atoms with van der Waals surface area (Å²) in [7, 11) is 0. The normalized spacial score (nSPS) is 10.3. The smallest absolute Gasteiger partial charge is 0.341 e. The van der Waals surface area contributed by atoms with E-state index in [1.54, 1.807) is 12.3 Å². The number of rotatable bonds is 7. The van der Waals surface area contributed by atoms with Gasteiger partial charge in [0.05, 0.1) is 12.8 Å². The Morgan fingerprint density at radius 3 is 2.89 bits per heavy atom. The monoisotopic (exact) mass is 261 g/mol. The topological polar surface area (TPSA) is 71.7 Å². The third-order valence-electron chi connectivity index (χ3n) is 2.47. The predicted octanol–water partition coefficient (Wildman–Crippen LogP) is 2.03. The lowest BCUT2D eigenvalue weighted by Crippen LogP contribution is -2.13. The van der Waals surface area contributed by atoms with Crippen molar-refractivity contribution in [3.05, 3.63) is 54.0 Å². The Bertz CT molecular complexity index is 522. The first-order valence-electron chi connectivity index (χ1n) is 5.90. The molecule has 19 heavy (non-hydrogen) atoms. The maximum atomic E-state index is 10.4. The van der Waals surface area contributed by atoms with Gasteiger partial charge in [-0.25, -0.2) is 4.79 Å². The fourth-order valence-electron chi connectivity index (χ4n) is 1.63. The molecule has 1 aromatic carbocycles. The number of ether oxygens (including phenoxy) is 1. The molecule has 2 N–H and O–H groups in total. The first kappa shape index (κ1) is 13.2. The maximum absolute atomic E-state index is 10.4. The summed E-state index contributed by atoms with van der Waals surface area (Å²) in [6.45, 7) is 0.974. The van der Waals surface area contributed by atoms with Gasteiger partial charge < -0.3 is 19.6 Å². The van der Waals surface area contributed by atoms with Crippen LogP contribution in [0.5, 0.6) is 5.75 Å². The van der Waals surface area contributed by atoms with Gasteiger partial charge in [0.1, 0.15) is 11.5 Å². The minimum absolute atomic E-state index is 0.330. The van der Waals surface area contributed by atoms with Crippen LogP contribution in [0.25, 0.3) is 0 Å². The zero-order chi connectivity index (χ0) is 13.5. The highest BCUT2D eigenvalue weighted by Gasteiger charge is 2.01. The Balaban J connectivity index is 1.82. The molecule has 0 spiro atoms. The molecule has 5 nitrogen and oxygen atoms in total. The quantitative estimate of drug-likeness (QED) is 0.798. The predicted molar refractivity (Wildman–Crippen MR) is 68.8 cm³/mol. The lowest BCUT2D eigenvalue weighted by Gasteiger charge is -2.07. The van der Waals surface area contributed by atoms with E-state index in [4.69, 9.17) is 14.3 Å². The Hall–Kier alpha value is -2.27. The Labute approximate surface area is 110 Å². The average Bonchev–Trinajstić information content (AvgIpc) is 2.90. The number of carboxylic acids is 1. The molecule has 2 aromatic rings. The van der Waals surface area contributed by atoms with Crippen LogP contribution < -0.4 is 10.1 Å². The number of carbonyl (C=O) groups is 1. The molecule has 0 atom stereocenters. The van der Waals surface area contributed by atoms with Gasteiger partial charge in [0, 0.05) is 6.54 Å². The highest BCUT2D eigenvalue weighted by Crippen LogP contribution is 2.13. The van der Waals surface area contributed by atoms with Gasteiger partial charge >= 0.3 is 5.97 Å². The van der Waals surface area contributed by atoms with Crippen LogP contribution in [0, 0.1) is 0 Å². The van der Waals surface area contributed by atoms with E-state index in [1.165, 1.54) is 0 Å². The van der Waals surface area contributed by atoms with Gasteiger partial charge in [-0.3, -0.25) is 0 Å². The lowest BCUT2D eigenvalue weighted by atomic mass is 10.2. The van der Waals surface area contributed by atoms with E-state index in [0.29, 0.717) is 18.8 Å². The van der Waals surface area contributed by atoms with Crippen molar-refractivity contribution in [3.8, 4) is 5.75 Å². The number of hydrogen-bond donors (Lipinski definition) is 2. The number of hydrogen-bond acceptors (Lipinski definition) is 4. The molecular weight excluding hydrogens is 246 g/mol. The molecule has 0 radical (unpaired) electrons. The minimum atomic E-state index is -0.985. The largest absolute Gasteiger partial charge is 0.482 e. The standard InChI is InChI=1S/C14H15NO4/c16-14(17)10-19-12-4-1-3-11(7-12)8-15-9-13-5-2-6-18-13/h1-7,15H,8-10H2,(H,16,17). The van der Waals surface area contributed by atoms with E-state index < -0.39 is 5.97 Å². The van der Waals surface area contributed by atoms with Crippen molar-refractivity contribution in [3.63, 3.8) is 0 Å². The summed E-state index contributed by atoms with van der Waals surface area (Å²) < 4.78 is 10.3. The van der Waals surface area contributed by atoms with E-state index in [1.807, 2.05) is 30.3 Å². The first-order valence-corrected chi connectivity index (χ1v) is 5.90. The minimum Gasteiger partial charge on any atom is -0.482 e. The number of furan rings is 1. The molecule has 0 aliphatic rings. The van der Waals surface area contributed by atoms with Gasteiger partial charge in [-0.05, 0) is 29.8 Å². The number of aliphatic carboxylic acids is 1. The molecule has 2 rings (SSSR count). The van der Waals surface area contributed by atoms with Crippen molar-refractivity contribution in [1.29, 1.82) is 0 Å². The Kier molecular flexibility index (Phi) is 4.58. The fourth-order valence-corrected chi connectivity index (χ4v) is 1.63. The summed E-state index contributed by atoms with van der Waals surface area (Å²) in [5.41, 5.74) is 1.02. The summed E-state index contributed by atoms with van der Waals surface area (Å²) in [5.74, 6) is 0.444. The van der Waals surface area contributed by atoms with Crippen LogP contribution in [0.2, 0.25) is 0 Å². The van der Waals surface area contributed by atoms with Gasteiger partial charge in [-0.15, -0.1) is 0 Å². The molecule has 0 amide bonds. The van der Waals surface area contributed by atoms with Gasteiger partial charge in [0.15, 0.2) is 6.61 Å². The van der Waals surface area contributed by atoms with Crippen LogP contribution in [0.1, 0.15) is 11.3 Å². The fraction of sp³-hybridized carbons (Fsp3) is 0.214. The molecule has 0 saturated heterocycles. The van der Waals surface area contributed by atoms with Crippen molar-refractivity contribution in [2.24, 2.45) is 0 Å². The Morgan fingerprint density at radius 2 is 2.16 bits per heavy atom. The van der Waals surface area contributed by atoms with Crippen LogP contribution in [-0.4, -0.2) is 17.7 Å². The highest BCUT2D eigenvalue weighted by atomic mass is 16.5. The average molecular weight is 261 g/mol. The van der Waals surface area contributed by atoms with Crippen LogP contribution in [0.3, 0.4) is 0 Å². The molecule has 0 fully saturated rings. The molecule has 5 heteroatoms. The summed E-state index contributed by atoms with van der Waals surface area (Å²) in [5, 5.41) is 11.8. The number of carboxylic acid groups (broad SMARTS) is 1. The van der Waals surface area contributed by atoms with E-state index in [-0.39, 0.29) is 6.61 Å². The summed E-state index contributed by atoms with van der Waals surface area (Å²) >= 11 is 0. The molecule has 0 aliphatic heterocycles. The number of nitrogens with one attached hydrogen (secondary N) is 1. The van der Waals surface area contributed by atoms with Crippen LogP contribution in [0.4, 0.5) is 0 Å². The van der Waals surface area contributed by atoms with E-state index in [2.05, 4.69) is 5.32 Å². The number of benzene rings is 1. The summed E-state index contributed by atoms with van der Waals surface area (Å²) in [6.07, 6.45) is 1.64. The summed E-state index contributed by atoms with van der Waals surface area (Å²) in [4.78, 5) is 10.4. The van der Waals surface area contributed by atoms with Crippen molar-refractivity contribution in [2.75, 3.05) is 6.61 Å².